The number of hydrogen-bond acceptors (Lipinski definition) is 3. The monoisotopic (exact) mass is 624 g/mol. The minimum absolute atomic E-state index is 0.358. The van der Waals surface area contributed by atoms with Gasteiger partial charge in [-0.05, 0) is 71.1 Å². The number of ether oxygens (including phenoxy) is 1. The summed E-state index contributed by atoms with van der Waals surface area (Å²) < 4.78 is 27.5. The summed E-state index contributed by atoms with van der Waals surface area (Å²) in [6.07, 6.45) is 4.23. The third-order valence-corrected chi connectivity index (χ3v) is 10.2. The molecule has 0 fully saturated rings. The third kappa shape index (κ3) is 3.65. The summed E-state index contributed by atoms with van der Waals surface area (Å²) in [5.74, 6) is 1.69. The van der Waals surface area contributed by atoms with Gasteiger partial charge in [0.1, 0.15) is 22.8 Å². The minimum Gasteiger partial charge on any atom is -0.457 e. The fourth-order valence-corrected chi connectivity index (χ4v) is 7.94. The van der Waals surface area contributed by atoms with Gasteiger partial charge >= 0.3 is 0 Å². The molecule has 5 aromatic carbocycles. The van der Waals surface area contributed by atoms with Gasteiger partial charge in [0, 0.05) is 62.4 Å². The smallest absolute Gasteiger partial charge is 0.150 e. The van der Waals surface area contributed by atoms with Crippen LogP contribution < -0.4 is 4.74 Å². The summed E-state index contributed by atoms with van der Waals surface area (Å²) in [6.45, 7) is 4.49. The molecule has 0 amide bonds. The van der Waals surface area contributed by atoms with Gasteiger partial charge in [0.15, 0.2) is 6.17 Å². The van der Waals surface area contributed by atoms with Gasteiger partial charge in [-0.3, -0.25) is 8.97 Å². The van der Waals surface area contributed by atoms with Crippen LogP contribution in [0.1, 0.15) is 42.3 Å². The first-order valence-electron chi connectivity index (χ1n) is 16.2. The van der Waals surface area contributed by atoms with Crippen molar-refractivity contribution in [2.75, 3.05) is 0 Å². The molecule has 0 saturated carbocycles. The normalized spacial score (nSPS) is 14.4. The van der Waals surface area contributed by atoms with E-state index in [0.29, 0.717) is 11.1 Å². The number of para-hydroxylation sites is 2. The minimum atomic E-state index is -1.35. The van der Waals surface area contributed by atoms with Crippen LogP contribution in [-0.4, -0.2) is 18.9 Å². The van der Waals surface area contributed by atoms with E-state index in [9.17, 15) is 0 Å². The lowest BCUT2D eigenvalue weighted by Gasteiger charge is -2.35. The zero-order chi connectivity index (χ0) is 32.1. The molecule has 1 atom stereocenters. The number of imidazole rings is 1. The first kappa shape index (κ1) is 27.1. The number of halogens is 1. The van der Waals surface area contributed by atoms with Crippen LogP contribution >= 0.6 is 0 Å². The topological polar surface area (TPSA) is 44.4 Å². The number of aromatic nitrogens is 4. The van der Waals surface area contributed by atoms with Crippen LogP contribution in [0.4, 0.5) is 4.39 Å². The zero-order valence-corrected chi connectivity index (χ0v) is 26.4. The Morgan fingerprint density at radius 3 is 2.38 bits per heavy atom. The van der Waals surface area contributed by atoms with E-state index in [4.69, 9.17) is 9.72 Å². The van der Waals surface area contributed by atoms with Gasteiger partial charge in [0.05, 0.1) is 11.0 Å². The molecule has 0 saturated heterocycles. The third-order valence-electron chi connectivity index (χ3n) is 10.2. The molecule has 1 aliphatic rings. The summed E-state index contributed by atoms with van der Waals surface area (Å²) in [6, 6.07) is 38.4. The molecular formula is C42H29FN4O. The molecule has 6 heteroatoms. The van der Waals surface area contributed by atoms with Gasteiger partial charge in [-0.1, -0.05) is 74.5 Å². The van der Waals surface area contributed by atoms with Crippen LogP contribution in [0.15, 0.2) is 134 Å². The molecule has 230 valence electrons. The maximum Gasteiger partial charge on any atom is 0.150 e. The summed E-state index contributed by atoms with van der Waals surface area (Å²) in [5.41, 5.74) is 7.60. The largest absolute Gasteiger partial charge is 0.457 e. The Hall–Kier alpha value is -6.01. The molecule has 4 aromatic heterocycles. The van der Waals surface area contributed by atoms with Gasteiger partial charge in [0.2, 0.25) is 0 Å². The molecule has 1 unspecified atom stereocenters. The van der Waals surface area contributed by atoms with Gasteiger partial charge < -0.3 is 4.74 Å². The lowest BCUT2D eigenvalue weighted by Crippen LogP contribution is -2.25. The molecule has 1 aliphatic heterocycles. The van der Waals surface area contributed by atoms with Crippen LogP contribution in [0.2, 0.25) is 0 Å². The van der Waals surface area contributed by atoms with Gasteiger partial charge in [-0.15, -0.1) is 0 Å². The Morgan fingerprint density at radius 2 is 1.44 bits per heavy atom. The van der Waals surface area contributed by atoms with E-state index in [1.165, 1.54) is 0 Å². The average Bonchev–Trinajstić information content (AvgIpc) is 3.75. The van der Waals surface area contributed by atoms with E-state index in [1.54, 1.807) is 6.20 Å². The molecule has 0 bridgehead atoms. The van der Waals surface area contributed by atoms with Crippen LogP contribution in [-0.2, 0) is 5.41 Å². The Labute approximate surface area is 275 Å². The molecule has 0 N–H and O–H groups in total. The standard InChI is InChI=1S/C42H29FN4O/c1-42(2)33-13-4-6-15-35(33)48-36-19-18-30-31-12-8-20-44-41(31)47(39(30)37(36)42)27-10-7-9-25(23-27)38(43)26-16-17-28-29-11-3-5-14-34(29)46-22-21-45-40(46)32(28)24-26/h3-24,38H,1-2H3. The average molecular weight is 625 g/mol. The SMILES string of the molecule is CC1(C)c2ccccc2Oc2ccc3c4cccnc4n(-c4cccc(C(F)c5ccc6c7ccccc7n7ccnc7c6c5)c4)c3c21. The predicted molar refractivity (Wildman–Crippen MR) is 190 cm³/mol. The second-order valence-corrected chi connectivity index (χ2v) is 13.2. The summed E-state index contributed by atoms with van der Waals surface area (Å²) in [4.78, 5) is 9.53. The highest BCUT2D eigenvalue weighted by atomic mass is 19.1. The van der Waals surface area contributed by atoms with Gasteiger partial charge in [0.25, 0.3) is 0 Å². The van der Waals surface area contributed by atoms with E-state index in [1.807, 2.05) is 85.2 Å². The Bertz CT molecular complexity index is 2770. The summed E-state index contributed by atoms with van der Waals surface area (Å²) in [5, 5.41) is 5.22. The molecule has 48 heavy (non-hydrogen) atoms. The summed E-state index contributed by atoms with van der Waals surface area (Å²) in [7, 11) is 0. The molecule has 5 nitrogen and oxygen atoms in total. The van der Waals surface area contributed by atoms with Crippen LogP contribution in [0, 0.1) is 0 Å². The lowest BCUT2D eigenvalue weighted by molar-refractivity contribution is 0.402. The van der Waals surface area contributed by atoms with E-state index in [2.05, 4.69) is 70.3 Å². The molecule has 9 aromatic rings. The van der Waals surface area contributed by atoms with E-state index >= 15 is 4.39 Å². The first-order chi connectivity index (χ1) is 23.5. The first-order valence-corrected chi connectivity index (χ1v) is 16.2. The molecule has 0 aliphatic carbocycles. The molecule has 10 rings (SSSR count). The number of nitrogens with zero attached hydrogens (tertiary/aromatic N) is 4. The number of pyridine rings is 2. The quantitative estimate of drug-likeness (QED) is 0.184. The number of benzene rings is 5. The van der Waals surface area contributed by atoms with E-state index in [-0.39, 0.29) is 5.41 Å². The van der Waals surface area contributed by atoms with Crippen molar-refractivity contribution in [3.05, 3.63) is 156 Å². The molecule has 0 spiro atoms. The highest BCUT2D eigenvalue weighted by molar-refractivity contribution is 6.12. The van der Waals surface area contributed by atoms with E-state index in [0.717, 1.165) is 77.6 Å². The van der Waals surface area contributed by atoms with Crippen molar-refractivity contribution in [2.45, 2.75) is 25.4 Å². The highest BCUT2D eigenvalue weighted by Crippen LogP contribution is 2.52. The maximum absolute atomic E-state index is 16.8. The lowest BCUT2D eigenvalue weighted by atomic mass is 9.75. The van der Waals surface area contributed by atoms with Crippen LogP contribution in [0.25, 0.3) is 54.9 Å². The Kier molecular flexibility index (Phi) is 5.51. The van der Waals surface area contributed by atoms with Crippen molar-refractivity contribution < 1.29 is 9.13 Å². The van der Waals surface area contributed by atoms with Crippen molar-refractivity contribution >= 4 is 49.3 Å². The second-order valence-electron chi connectivity index (χ2n) is 13.2. The van der Waals surface area contributed by atoms with Gasteiger partial charge in [-0.25, -0.2) is 14.4 Å². The Balaban J connectivity index is 1.17. The van der Waals surface area contributed by atoms with Gasteiger partial charge in [-0.2, -0.15) is 0 Å². The second kappa shape index (κ2) is 9.75. The van der Waals surface area contributed by atoms with Crippen molar-refractivity contribution in [1.29, 1.82) is 0 Å². The fourth-order valence-electron chi connectivity index (χ4n) is 7.94. The molecule has 5 heterocycles. The maximum atomic E-state index is 16.8. The van der Waals surface area contributed by atoms with E-state index < -0.39 is 6.17 Å². The molecule has 0 radical (unpaired) electrons. The van der Waals surface area contributed by atoms with Crippen molar-refractivity contribution in [1.82, 2.24) is 18.9 Å². The van der Waals surface area contributed by atoms with Crippen molar-refractivity contribution in [2.24, 2.45) is 0 Å². The number of hydrogen-bond donors (Lipinski definition) is 0. The Morgan fingerprint density at radius 1 is 0.646 bits per heavy atom. The fraction of sp³-hybridized carbons (Fsp3) is 0.0952. The predicted octanol–water partition coefficient (Wildman–Crippen LogP) is 10.6. The van der Waals surface area contributed by atoms with Crippen molar-refractivity contribution in [3.63, 3.8) is 0 Å². The molecular weight excluding hydrogens is 595 g/mol. The summed E-state index contributed by atoms with van der Waals surface area (Å²) >= 11 is 0. The zero-order valence-electron chi connectivity index (χ0n) is 26.4. The van der Waals surface area contributed by atoms with Crippen molar-refractivity contribution in [3.8, 4) is 17.2 Å². The highest BCUT2D eigenvalue weighted by Gasteiger charge is 2.37. The van der Waals surface area contributed by atoms with Crippen LogP contribution in [0.3, 0.4) is 0 Å². The number of fused-ring (bicyclic) bond motifs is 12. The number of rotatable bonds is 3. The van der Waals surface area contributed by atoms with Crippen LogP contribution in [0.5, 0.6) is 11.5 Å². The number of alkyl halides is 1.